The molecule has 4 rings (SSSR count). The van der Waals surface area contributed by atoms with Crippen LogP contribution in [0, 0.1) is 40.4 Å². The molecule has 0 aromatic rings. The number of hydrogen-bond donors (Lipinski definition) is 3. The molecule has 0 saturated heterocycles. The average molecular weight is 505 g/mol. The van der Waals surface area contributed by atoms with Crippen molar-refractivity contribution in [1.29, 1.82) is 0 Å². The van der Waals surface area contributed by atoms with Gasteiger partial charge in [-0.2, -0.15) is 0 Å². The number of aliphatic hydroxyl groups is 3. The summed E-state index contributed by atoms with van der Waals surface area (Å²) >= 11 is 0. The predicted octanol–water partition coefficient (Wildman–Crippen LogP) is 6.66. The number of allylic oxidation sites excluding steroid dienone is 1. The Balaban J connectivity index is 1.47. The maximum Gasteiger partial charge on any atom is 0.102 e. The topological polar surface area (TPSA) is 69.9 Å². The van der Waals surface area contributed by atoms with E-state index in [1.807, 2.05) is 27.7 Å². The minimum Gasteiger partial charge on any atom is -0.390 e. The first kappa shape index (κ1) is 28.6. The Morgan fingerprint density at radius 2 is 1.72 bits per heavy atom. The van der Waals surface area contributed by atoms with Crippen LogP contribution in [-0.4, -0.2) is 45.3 Å². The summed E-state index contributed by atoms with van der Waals surface area (Å²) < 4.78 is 6.19. The molecule has 0 spiro atoms. The van der Waals surface area contributed by atoms with E-state index in [2.05, 4.69) is 26.8 Å². The number of ether oxygens (including phenoxy) is 1. The summed E-state index contributed by atoms with van der Waals surface area (Å²) in [5, 5.41) is 32.4. The molecular weight excluding hydrogens is 448 g/mol. The van der Waals surface area contributed by atoms with Crippen molar-refractivity contribution < 1.29 is 20.1 Å². The van der Waals surface area contributed by atoms with Gasteiger partial charge in [0.2, 0.25) is 0 Å². The minimum atomic E-state index is -0.788. The molecule has 36 heavy (non-hydrogen) atoms. The van der Waals surface area contributed by atoms with Crippen molar-refractivity contribution in [3.63, 3.8) is 0 Å². The van der Waals surface area contributed by atoms with Crippen molar-refractivity contribution >= 4 is 0 Å². The number of fused-ring (bicyclic) bond motifs is 5. The highest BCUT2D eigenvalue weighted by Gasteiger charge is 2.60. The zero-order chi connectivity index (χ0) is 26.5. The third kappa shape index (κ3) is 5.10. The molecule has 0 aliphatic heterocycles. The van der Waals surface area contributed by atoms with E-state index in [9.17, 15) is 15.3 Å². The van der Waals surface area contributed by atoms with Crippen molar-refractivity contribution in [3.8, 4) is 0 Å². The summed E-state index contributed by atoms with van der Waals surface area (Å²) in [5.74, 6) is 3.57. The summed E-state index contributed by atoms with van der Waals surface area (Å²) in [6.45, 7) is 15.7. The second-order valence-electron chi connectivity index (χ2n) is 14.5. The molecule has 0 amide bonds. The maximum absolute atomic E-state index is 11.4. The molecule has 0 aromatic carbocycles. The van der Waals surface area contributed by atoms with Crippen LogP contribution in [0.1, 0.15) is 119 Å². The van der Waals surface area contributed by atoms with Gasteiger partial charge in [0.25, 0.3) is 0 Å². The highest BCUT2D eigenvalue weighted by atomic mass is 16.5. The second-order valence-corrected chi connectivity index (χ2v) is 14.5. The molecular formula is C32H56O4. The van der Waals surface area contributed by atoms with Crippen LogP contribution in [0.2, 0.25) is 0 Å². The normalized spacial score (nSPS) is 41.8. The third-order valence-corrected chi connectivity index (χ3v) is 12.0. The molecule has 0 heterocycles. The zero-order valence-electron chi connectivity index (χ0n) is 24.4. The summed E-state index contributed by atoms with van der Waals surface area (Å²) in [5.41, 5.74) is 0.349. The molecule has 3 saturated carbocycles. The molecule has 0 radical (unpaired) electrons. The van der Waals surface area contributed by atoms with Gasteiger partial charge in [-0.3, -0.25) is 0 Å². The zero-order valence-corrected chi connectivity index (χ0v) is 24.4. The van der Waals surface area contributed by atoms with E-state index in [1.165, 1.54) is 31.3 Å². The lowest BCUT2D eigenvalue weighted by atomic mass is 9.46. The van der Waals surface area contributed by atoms with E-state index >= 15 is 0 Å². The van der Waals surface area contributed by atoms with Gasteiger partial charge in [-0.15, -0.1) is 0 Å². The van der Waals surface area contributed by atoms with Crippen LogP contribution in [0.25, 0.3) is 0 Å². The van der Waals surface area contributed by atoms with Crippen molar-refractivity contribution in [3.05, 3.63) is 11.6 Å². The minimum absolute atomic E-state index is 0.0694. The Morgan fingerprint density at radius 1 is 1.03 bits per heavy atom. The van der Waals surface area contributed by atoms with Crippen molar-refractivity contribution in [2.45, 2.75) is 143 Å². The van der Waals surface area contributed by atoms with Gasteiger partial charge in [0.1, 0.15) is 6.10 Å². The molecule has 0 bridgehead atoms. The van der Waals surface area contributed by atoms with Gasteiger partial charge in [-0.05, 0) is 130 Å². The standard InChI is InChI=1S/C32H56O4/c1-8-32(35,9-2)20-36-27-16-19-31(7)25-15-18-30(6)23(21(3)14-17-29(4,5)34)12-13-24(30)22(25)10-11-26(31)28(27)33/h11,21-25,27-28,33-35H,8-10,12-20H2,1-7H3/t21-,22+,23-,24+,25+,27+,28-,30-,31-/m1/s1. The second kappa shape index (κ2) is 10.3. The monoisotopic (exact) mass is 504 g/mol. The Bertz CT molecular complexity index is 794. The van der Waals surface area contributed by atoms with E-state index in [4.69, 9.17) is 4.74 Å². The molecule has 0 aromatic heterocycles. The van der Waals surface area contributed by atoms with Crippen molar-refractivity contribution in [1.82, 2.24) is 0 Å². The molecule has 9 atom stereocenters. The van der Waals surface area contributed by atoms with E-state index in [-0.39, 0.29) is 11.5 Å². The molecule has 4 nitrogen and oxygen atoms in total. The first-order valence-electron chi connectivity index (χ1n) is 15.2. The maximum atomic E-state index is 11.4. The summed E-state index contributed by atoms with van der Waals surface area (Å²) in [4.78, 5) is 0. The third-order valence-electron chi connectivity index (χ3n) is 12.0. The smallest absolute Gasteiger partial charge is 0.102 e. The average Bonchev–Trinajstić information content (AvgIpc) is 3.18. The van der Waals surface area contributed by atoms with Crippen LogP contribution in [0.4, 0.5) is 0 Å². The molecule has 4 aliphatic rings. The molecule has 3 fully saturated rings. The van der Waals surface area contributed by atoms with Crippen molar-refractivity contribution in [2.24, 2.45) is 40.4 Å². The van der Waals surface area contributed by atoms with Gasteiger partial charge < -0.3 is 20.1 Å². The molecule has 208 valence electrons. The van der Waals surface area contributed by atoms with Crippen LogP contribution in [0.3, 0.4) is 0 Å². The Hall–Kier alpha value is -0.420. The van der Waals surface area contributed by atoms with Gasteiger partial charge in [0.15, 0.2) is 0 Å². The number of hydrogen-bond acceptors (Lipinski definition) is 4. The van der Waals surface area contributed by atoms with Crippen LogP contribution in [0.15, 0.2) is 11.6 Å². The van der Waals surface area contributed by atoms with E-state index < -0.39 is 17.3 Å². The lowest BCUT2D eigenvalue weighted by Crippen LogP contribution is -2.54. The Labute approximate surface area is 221 Å². The molecule has 4 heteroatoms. The highest BCUT2D eigenvalue weighted by molar-refractivity contribution is 5.29. The van der Waals surface area contributed by atoms with Gasteiger partial charge in [0, 0.05) is 0 Å². The largest absolute Gasteiger partial charge is 0.390 e. The van der Waals surface area contributed by atoms with Crippen LogP contribution < -0.4 is 0 Å². The predicted molar refractivity (Wildman–Crippen MR) is 147 cm³/mol. The molecule has 0 unspecified atom stereocenters. The number of rotatable bonds is 9. The SMILES string of the molecule is CCC(O)(CC)CO[C@H]1CC[C@@]2(C)C(=CC[C@H]3[C@@H]4CC[C@H]([C@H](C)CCC(C)(C)O)[C@@]4(C)CC[C@@H]32)[C@H]1O. The first-order chi connectivity index (χ1) is 16.8. The molecule has 3 N–H and O–H groups in total. The van der Waals surface area contributed by atoms with Gasteiger partial charge in [-0.25, -0.2) is 0 Å². The molecule has 4 aliphatic carbocycles. The lowest BCUT2D eigenvalue weighted by Gasteiger charge is -2.59. The van der Waals surface area contributed by atoms with Crippen LogP contribution >= 0.6 is 0 Å². The Morgan fingerprint density at radius 3 is 2.36 bits per heavy atom. The van der Waals surface area contributed by atoms with Gasteiger partial charge in [0.05, 0.1) is 23.9 Å². The van der Waals surface area contributed by atoms with E-state index in [1.54, 1.807) is 0 Å². The lowest BCUT2D eigenvalue weighted by molar-refractivity contribution is -0.129. The fourth-order valence-corrected chi connectivity index (χ4v) is 9.35. The fourth-order valence-electron chi connectivity index (χ4n) is 9.35. The fraction of sp³-hybridized carbons (Fsp3) is 0.938. The van der Waals surface area contributed by atoms with Gasteiger partial charge >= 0.3 is 0 Å². The summed E-state index contributed by atoms with van der Waals surface area (Å²) in [6.07, 6.45) is 13.3. The number of aliphatic hydroxyl groups excluding tert-OH is 1. The summed E-state index contributed by atoms with van der Waals surface area (Å²) in [7, 11) is 0. The first-order valence-corrected chi connectivity index (χ1v) is 15.2. The highest BCUT2D eigenvalue weighted by Crippen LogP contribution is 2.67. The van der Waals surface area contributed by atoms with Crippen LogP contribution in [-0.2, 0) is 4.74 Å². The quantitative estimate of drug-likeness (QED) is 0.307. The summed E-state index contributed by atoms with van der Waals surface area (Å²) in [6, 6.07) is 0. The van der Waals surface area contributed by atoms with Crippen molar-refractivity contribution in [2.75, 3.05) is 6.61 Å². The Kier molecular flexibility index (Phi) is 8.16. The van der Waals surface area contributed by atoms with E-state index in [0.29, 0.717) is 36.7 Å². The van der Waals surface area contributed by atoms with Crippen LogP contribution in [0.5, 0.6) is 0 Å². The van der Waals surface area contributed by atoms with E-state index in [0.717, 1.165) is 49.9 Å². The van der Waals surface area contributed by atoms with Gasteiger partial charge in [-0.1, -0.05) is 40.7 Å².